The van der Waals surface area contributed by atoms with Crippen LogP contribution in [0.2, 0.25) is 0 Å². The van der Waals surface area contributed by atoms with Gasteiger partial charge in [0.05, 0.1) is 6.61 Å². The Morgan fingerprint density at radius 3 is 2.60 bits per heavy atom. The smallest absolute Gasteiger partial charge is 0.409 e. The largest absolute Gasteiger partial charge is 0.450 e. The van der Waals surface area contributed by atoms with Gasteiger partial charge >= 0.3 is 6.09 Å². The molecule has 2 rings (SSSR count). The van der Waals surface area contributed by atoms with E-state index in [-0.39, 0.29) is 23.9 Å². The molecule has 2 amide bonds. The van der Waals surface area contributed by atoms with Gasteiger partial charge in [-0.25, -0.2) is 9.18 Å². The topological polar surface area (TPSA) is 61.9 Å². The summed E-state index contributed by atoms with van der Waals surface area (Å²) in [6.45, 7) is 3.24. The van der Waals surface area contributed by atoms with Gasteiger partial charge in [0.2, 0.25) is 5.91 Å². The maximum atomic E-state index is 13.5. The van der Waals surface area contributed by atoms with Crippen LogP contribution in [0.3, 0.4) is 0 Å². The molecule has 1 aliphatic rings. The highest BCUT2D eigenvalue weighted by molar-refractivity contribution is 5.83. The molecule has 1 saturated heterocycles. The third-order valence-electron chi connectivity index (χ3n) is 4.30. The molecule has 1 aromatic rings. The molecule has 1 atom stereocenters. The normalized spacial score (nSPS) is 16.6. The fourth-order valence-corrected chi connectivity index (χ4v) is 3.06. The molecule has 0 saturated carbocycles. The van der Waals surface area contributed by atoms with Crippen LogP contribution in [-0.2, 0) is 9.53 Å². The van der Waals surface area contributed by atoms with E-state index in [1.54, 1.807) is 43.0 Å². The van der Waals surface area contributed by atoms with Gasteiger partial charge in [-0.3, -0.25) is 9.69 Å². The number of likely N-dealkylation sites (N-methyl/N-ethyl adjacent to an activating group) is 1. The van der Waals surface area contributed by atoms with Gasteiger partial charge in [0.25, 0.3) is 0 Å². The first kappa shape index (κ1) is 19.2. The minimum atomic E-state index is -0.557. The molecular weight excluding hydrogens is 325 g/mol. The number of hydrogen-bond acceptors (Lipinski definition) is 4. The first-order valence-corrected chi connectivity index (χ1v) is 8.56. The second kappa shape index (κ2) is 8.80. The first-order chi connectivity index (χ1) is 11.9. The highest BCUT2D eigenvalue weighted by Crippen LogP contribution is 2.21. The molecule has 1 N–H and O–H groups in total. The fraction of sp³-hybridized carbons (Fsp3) is 0.556. The molecule has 0 aromatic heterocycles. The summed E-state index contributed by atoms with van der Waals surface area (Å²) in [4.78, 5) is 27.8. The third kappa shape index (κ3) is 5.16. The van der Waals surface area contributed by atoms with Crippen LogP contribution in [0, 0.1) is 5.82 Å². The van der Waals surface area contributed by atoms with Gasteiger partial charge in [0.1, 0.15) is 11.9 Å². The average Bonchev–Trinajstić information content (AvgIpc) is 2.55. The predicted octanol–water partition coefficient (Wildman–Crippen LogP) is 2.17. The lowest BCUT2D eigenvalue weighted by Gasteiger charge is -2.33. The van der Waals surface area contributed by atoms with Crippen LogP contribution in [0.4, 0.5) is 9.18 Å². The van der Waals surface area contributed by atoms with E-state index in [2.05, 4.69) is 5.32 Å². The van der Waals surface area contributed by atoms with E-state index in [1.165, 1.54) is 12.1 Å². The van der Waals surface area contributed by atoms with E-state index in [0.717, 1.165) is 0 Å². The summed E-state index contributed by atoms with van der Waals surface area (Å²) in [5.74, 6) is -0.523. The number of ether oxygens (including phenoxy) is 1. The molecule has 138 valence electrons. The lowest BCUT2D eigenvalue weighted by molar-refractivity contribution is -0.126. The van der Waals surface area contributed by atoms with Crippen LogP contribution in [0.15, 0.2) is 24.3 Å². The number of amides is 2. The fourth-order valence-electron chi connectivity index (χ4n) is 3.06. The average molecular weight is 351 g/mol. The van der Waals surface area contributed by atoms with Crippen molar-refractivity contribution in [2.45, 2.75) is 31.8 Å². The molecular formula is C18H26FN3O3. The number of likely N-dealkylation sites (tertiary alicyclic amines) is 1. The standard InChI is InChI=1S/C18H26FN3O3/c1-4-25-18(24)22-10-8-15(9-11-22)20-17(23)16(21(2)3)13-6-5-7-14(19)12-13/h5-7,12,15-16H,4,8-11H2,1-3H3,(H,20,23). The van der Waals surface area contributed by atoms with Crippen molar-refractivity contribution in [3.8, 4) is 0 Å². The molecule has 0 aliphatic carbocycles. The zero-order chi connectivity index (χ0) is 18.4. The number of benzene rings is 1. The minimum absolute atomic E-state index is 0.00538. The van der Waals surface area contributed by atoms with E-state index < -0.39 is 6.04 Å². The van der Waals surface area contributed by atoms with Crippen molar-refractivity contribution in [2.75, 3.05) is 33.8 Å². The first-order valence-electron chi connectivity index (χ1n) is 8.56. The maximum Gasteiger partial charge on any atom is 0.409 e. The van der Waals surface area contributed by atoms with Crippen molar-refractivity contribution < 1.29 is 18.7 Å². The van der Waals surface area contributed by atoms with E-state index in [4.69, 9.17) is 4.74 Å². The van der Waals surface area contributed by atoms with Gasteiger partial charge in [0, 0.05) is 19.1 Å². The number of carbonyl (C=O) groups excluding carboxylic acids is 2. The van der Waals surface area contributed by atoms with Crippen LogP contribution in [0.5, 0.6) is 0 Å². The lowest BCUT2D eigenvalue weighted by atomic mass is 10.0. The van der Waals surface area contributed by atoms with Gasteiger partial charge in [-0.2, -0.15) is 0 Å². The van der Waals surface area contributed by atoms with Gasteiger partial charge in [-0.1, -0.05) is 12.1 Å². The van der Waals surface area contributed by atoms with Gasteiger partial charge in [0.15, 0.2) is 0 Å². The van der Waals surface area contributed by atoms with Crippen molar-refractivity contribution in [1.82, 2.24) is 15.1 Å². The summed E-state index contributed by atoms with van der Waals surface area (Å²) >= 11 is 0. The second-order valence-corrected chi connectivity index (χ2v) is 6.39. The second-order valence-electron chi connectivity index (χ2n) is 6.39. The molecule has 1 fully saturated rings. The van der Waals surface area contributed by atoms with Crippen LogP contribution >= 0.6 is 0 Å². The van der Waals surface area contributed by atoms with Crippen molar-refractivity contribution in [1.29, 1.82) is 0 Å². The summed E-state index contributed by atoms with van der Waals surface area (Å²) in [5.41, 5.74) is 0.617. The summed E-state index contributed by atoms with van der Waals surface area (Å²) in [5, 5.41) is 3.03. The molecule has 0 bridgehead atoms. The van der Waals surface area contributed by atoms with Gasteiger partial charge < -0.3 is 15.0 Å². The van der Waals surface area contributed by atoms with Crippen LogP contribution in [0.25, 0.3) is 0 Å². The number of carbonyl (C=O) groups is 2. The quantitative estimate of drug-likeness (QED) is 0.883. The highest BCUT2D eigenvalue weighted by atomic mass is 19.1. The minimum Gasteiger partial charge on any atom is -0.450 e. The zero-order valence-corrected chi connectivity index (χ0v) is 15.0. The lowest BCUT2D eigenvalue weighted by Crippen LogP contribution is -2.49. The van der Waals surface area contributed by atoms with Gasteiger partial charge in [-0.05, 0) is 51.6 Å². The molecule has 1 unspecified atom stereocenters. The Morgan fingerprint density at radius 1 is 1.36 bits per heavy atom. The monoisotopic (exact) mass is 351 g/mol. The van der Waals surface area contributed by atoms with Crippen LogP contribution < -0.4 is 5.32 Å². The summed E-state index contributed by atoms with van der Waals surface area (Å²) in [7, 11) is 3.58. The molecule has 6 nitrogen and oxygen atoms in total. The molecule has 1 heterocycles. The molecule has 25 heavy (non-hydrogen) atoms. The number of nitrogens with zero attached hydrogens (tertiary/aromatic N) is 2. The summed E-state index contributed by atoms with van der Waals surface area (Å²) in [6.07, 6.45) is 1.04. The van der Waals surface area contributed by atoms with Crippen molar-refractivity contribution in [3.05, 3.63) is 35.6 Å². The molecule has 0 spiro atoms. The zero-order valence-electron chi connectivity index (χ0n) is 15.0. The Labute approximate surface area is 147 Å². The van der Waals surface area contributed by atoms with Crippen molar-refractivity contribution in [2.24, 2.45) is 0 Å². The van der Waals surface area contributed by atoms with E-state index >= 15 is 0 Å². The Balaban J connectivity index is 1.95. The number of nitrogens with one attached hydrogen (secondary N) is 1. The summed E-state index contributed by atoms with van der Waals surface area (Å²) in [6, 6.07) is 5.53. The Hall–Kier alpha value is -2.15. The molecule has 1 aromatic carbocycles. The third-order valence-corrected chi connectivity index (χ3v) is 4.30. The Kier molecular flexibility index (Phi) is 6.75. The number of piperidine rings is 1. The van der Waals surface area contributed by atoms with E-state index in [9.17, 15) is 14.0 Å². The Morgan fingerprint density at radius 2 is 2.04 bits per heavy atom. The SMILES string of the molecule is CCOC(=O)N1CCC(NC(=O)C(c2cccc(F)c2)N(C)C)CC1. The summed E-state index contributed by atoms with van der Waals surface area (Å²) < 4.78 is 18.5. The van der Waals surface area contributed by atoms with Crippen molar-refractivity contribution in [3.63, 3.8) is 0 Å². The van der Waals surface area contributed by atoms with Crippen LogP contribution in [-0.4, -0.2) is 61.6 Å². The highest BCUT2D eigenvalue weighted by Gasteiger charge is 2.28. The predicted molar refractivity (Wildman–Crippen MR) is 92.6 cm³/mol. The number of halogens is 1. The Bertz CT molecular complexity index is 601. The number of rotatable bonds is 5. The molecule has 7 heteroatoms. The van der Waals surface area contributed by atoms with E-state index in [0.29, 0.717) is 38.1 Å². The van der Waals surface area contributed by atoms with Crippen LogP contribution in [0.1, 0.15) is 31.4 Å². The van der Waals surface area contributed by atoms with Crippen molar-refractivity contribution >= 4 is 12.0 Å². The molecule has 0 radical (unpaired) electrons. The molecule has 1 aliphatic heterocycles. The number of hydrogen-bond donors (Lipinski definition) is 1. The van der Waals surface area contributed by atoms with Gasteiger partial charge in [-0.15, -0.1) is 0 Å². The van der Waals surface area contributed by atoms with E-state index in [1.807, 2.05) is 0 Å². The maximum absolute atomic E-state index is 13.5.